The Balaban J connectivity index is 3.03. The van der Waals surface area contributed by atoms with Crippen LogP contribution in [0.4, 0.5) is 5.69 Å². The van der Waals surface area contributed by atoms with Crippen molar-refractivity contribution in [1.82, 2.24) is 0 Å². The molecular formula is C11H18N2. The molecule has 2 nitrogen and oxygen atoms in total. The zero-order valence-electron chi connectivity index (χ0n) is 8.38. The molecule has 1 aromatic rings. The lowest BCUT2D eigenvalue weighted by atomic mass is 10.00. The molecule has 1 aromatic carbocycles. The monoisotopic (exact) mass is 178 g/mol. The molecule has 1 atom stereocenters. The van der Waals surface area contributed by atoms with Gasteiger partial charge < -0.3 is 11.5 Å². The van der Waals surface area contributed by atoms with Crippen LogP contribution in [0.15, 0.2) is 18.2 Å². The van der Waals surface area contributed by atoms with Crippen LogP contribution in [0, 0.1) is 0 Å². The van der Waals surface area contributed by atoms with Crippen LogP contribution < -0.4 is 11.5 Å². The summed E-state index contributed by atoms with van der Waals surface area (Å²) in [6, 6.07) is 6.19. The van der Waals surface area contributed by atoms with Crippen molar-refractivity contribution < 1.29 is 0 Å². The van der Waals surface area contributed by atoms with E-state index in [1.54, 1.807) is 0 Å². The summed E-state index contributed by atoms with van der Waals surface area (Å²) in [6.07, 6.45) is 1.96. The van der Waals surface area contributed by atoms with Gasteiger partial charge in [-0.05, 0) is 30.0 Å². The molecule has 0 heterocycles. The summed E-state index contributed by atoms with van der Waals surface area (Å²) in [5.41, 5.74) is 15.0. The zero-order valence-corrected chi connectivity index (χ0v) is 8.38. The highest BCUT2D eigenvalue weighted by atomic mass is 14.7. The van der Waals surface area contributed by atoms with Gasteiger partial charge >= 0.3 is 0 Å². The van der Waals surface area contributed by atoms with Crippen molar-refractivity contribution >= 4 is 5.69 Å². The highest BCUT2D eigenvalue weighted by Gasteiger charge is 2.07. The maximum atomic E-state index is 5.94. The van der Waals surface area contributed by atoms with Crippen molar-refractivity contribution in [2.45, 2.75) is 32.7 Å². The molecule has 1 unspecified atom stereocenters. The van der Waals surface area contributed by atoms with Gasteiger partial charge in [-0.1, -0.05) is 26.0 Å². The lowest BCUT2D eigenvalue weighted by Crippen LogP contribution is -2.11. The first-order valence-electron chi connectivity index (χ1n) is 4.82. The molecule has 4 N–H and O–H groups in total. The Morgan fingerprint density at radius 2 is 2.00 bits per heavy atom. The van der Waals surface area contributed by atoms with Gasteiger partial charge in [-0.2, -0.15) is 0 Å². The third kappa shape index (κ3) is 2.22. The molecule has 72 valence electrons. The summed E-state index contributed by atoms with van der Waals surface area (Å²) in [6.45, 7) is 4.20. The summed E-state index contributed by atoms with van der Waals surface area (Å²) >= 11 is 0. The van der Waals surface area contributed by atoms with Gasteiger partial charge in [0.2, 0.25) is 0 Å². The van der Waals surface area contributed by atoms with E-state index in [9.17, 15) is 0 Å². The average molecular weight is 178 g/mol. The van der Waals surface area contributed by atoms with E-state index in [1.807, 2.05) is 6.07 Å². The van der Waals surface area contributed by atoms with Crippen LogP contribution in [0.5, 0.6) is 0 Å². The van der Waals surface area contributed by atoms with E-state index in [2.05, 4.69) is 26.0 Å². The minimum atomic E-state index is 0.0755. The van der Waals surface area contributed by atoms with Crippen molar-refractivity contribution in [2.24, 2.45) is 5.73 Å². The molecule has 13 heavy (non-hydrogen) atoms. The molecule has 1 rings (SSSR count). The van der Waals surface area contributed by atoms with Crippen LogP contribution in [0.25, 0.3) is 0 Å². The third-order valence-electron chi connectivity index (χ3n) is 2.40. The van der Waals surface area contributed by atoms with Crippen LogP contribution in [0.2, 0.25) is 0 Å². The van der Waals surface area contributed by atoms with E-state index < -0.39 is 0 Å². The predicted molar refractivity (Wildman–Crippen MR) is 57.5 cm³/mol. The Labute approximate surface area is 79.9 Å². The average Bonchev–Trinajstić information content (AvgIpc) is 2.17. The molecule has 0 aliphatic heterocycles. The van der Waals surface area contributed by atoms with E-state index in [0.29, 0.717) is 0 Å². The molecular weight excluding hydrogens is 160 g/mol. The van der Waals surface area contributed by atoms with E-state index in [1.165, 1.54) is 5.56 Å². The van der Waals surface area contributed by atoms with Crippen LogP contribution in [0.1, 0.15) is 37.4 Å². The number of nitrogens with two attached hydrogens (primary N) is 2. The van der Waals surface area contributed by atoms with Crippen LogP contribution in [0.3, 0.4) is 0 Å². The fourth-order valence-electron chi connectivity index (χ4n) is 1.39. The summed E-state index contributed by atoms with van der Waals surface area (Å²) in [7, 11) is 0. The Bertz CT molecular complexity index is 281. The topological polar surface area (TPSA) is 52.0 Å². The maximum Gasteiger partial charge on any atom is 0.0362 e. The quantitative estimate of drug-likeness (QED) is 0.697. The molecule has 0 aliphatic carbocycles. The number of aryl methyl sites for hydroxylation is 1. The van der Waals surface area contributed by atoms with E-state index in [0.717, 1.165) is 24.1 Å². The lowest BCUT2D eigenvalue weighted by molar-refractivity contribution is 0.699. The first-order chi connectivity index (χ1) is 6.19. The Morgan fingerprint density at radius 1 is 1.31 bits per heavy atom. The lowest BCUT2D eigenvalue weighted by Gasteiger charge is -2.13. The molecule has 0 saturated heterocycles. The molecule has 0 aromatic heterocycles. The third-order valence-corrected chi connectivity index (χ3v) is 2.40. The van der Waals surface area contributed by atoms with Gasteiger partial charge in [0.15, 0.2) is 0 Å². The first-order valence-corrected chi connectivity index (χ1v) is 4.82. The van der Waals surface area contributed by atoms with Gasteiger partial charge in [-0.3, -0.25) is 0 Å². The molecule has 0 saturated carbocycles. The van der Waals surface area contributed by atoms with Crippen molar-refractivity contribution in [3.05, 3.63) is 29.3 Å². The van der Waals surface area contributed by atoms with Crippen LogP contribution >= 0.6 is 0 Å². The number of hydrogen-bond acceptors (Lipinski definition) is 2. The normalized spacial score (nSPS) is 12.8. The Morgan fingerprint density at radius 3 is 2.54 bits per heavy atom. The molecule has 0 spiro atoms. The molecule has 0 amide bonds. The second-order valence-corrected chi connectivity index (χ2v) is 3.33. The SMILES string of the molecule is CCc1ccc(N)c(C(N)CC)c1. The maximum absolute atomic E-state index is 5.94. The summed E-state index contributed by atoms with van der Waals surface area (Å²) < 4.78 is 0. The van der Waals surface area contributed by atoms with Crippen molar-refractivity contribution in [3.8, 4) is 0 Å². The second-order valence-electron chi connectivity index (χ2n) is 3.33. The summed E-state index contributed by atoms with van der Waals surface area (Å²) in [5.74, 6) is 0. The minimum absolute atomic E-state index is 0.0755. The fraction of sp³-hybridized carbons (Fsp3) is 0.455. The van der Waals surface area contributed by atoms with Crippen molar-refractivity contribution in [1.29, 1.82) is 0 Å². The van der Waals surface area contributed by atoms with E-state index in [-0.39, 0.29) is 6.04 Å². The summed E-state index contributed by atoms with van der Waals surface area (Å²) in [5, 5.41) is 0. The number of rotatable bonds is 3. The minimum Gasteiger partial charge on any atom is -0.398 e. The Kier molecular flexibility index (Phi) is 3.32. The second kappa shape index (κ2) is 4.28. The molecule has 0 bridgehead atoms. The van der Waals surface area contributed by atoms with E-state index >= 15 is 0 Å². The van der Waals surface area contributed by atoms with Gasteiger partial charge in [0.25, 0.3) is 0 Å². The zero-order chi connectivity index (χ0) is 9.84. The number of anilines is 1. The van der Waals surface area contributed by atoms with Crippen LogP contribution in [-0.2, 0) is 6.42 Å². The Hall–Kier alpha value is -1.02. The van der Waals surface area contributed by atoms with Gasteiger partial charge in [-0.15, -0.1) is 0 Å². The summed E-state index contributed by atoms with van der Waals surface area (Å²) in [4.78, 5) is 0. The first kappa shape index (κ1) is 10.1. The highest BCUT2D eigenvalue weighted by molar-refractivity contribution is 5.50. The van der Waals surface area contributed by atoms with E-state index in [4.69, 9.17) is 11.5 Å². The molecule has 0 fully saturated rings. The fourth-order valence-corrected chi connectivity index (χ4v) is 1.39. The molecule has 0 radical (unpaired) electrons. The van der Waals surface area contributed by atoms with Gasteiger partial charge in [0.1, 0.15) is 0 Å². The molecule has 0 aliphatic rings. The number of benzene rings is 1. The van der Waals surface area contributed by atoms with Crippen molar-refractivity contribution in [2.75, 3.05) is 5.73 Å². The van der Waals surface area contributed by atoms with Gasteiger partial charge in [-0.25, -0.2) is 0 Å². The number of hydrogen-bond donors (Lipinski definition) is 2. The van der Waals surface area contributed by atoms with Gasteiger partial charge in [0, 0.05) is 11.7 Å². The van der Waals surface area contributed by atoms with Gasteiger partial charge in [0.05, 0.1) is 0 Å². The van der Waals surface area contributed by atoms with Crippen molar-refractivity contribution in [3.63, 3.8) is 0 Å². The highest BCUT2D eigenvalue weighted by Crippen LogP contribution is 2.22. The number of nitrogen functional groups attached to an aromatic ring is 1. The van der Waals surface area contributed by atoms with Crippen LogP contribution in [-0.4, -0.2) is 0 Å². The largest absolute Gasteiger partial charge is 0.398 e. The standard InChI is InChI=1S/C11H18N2/c1-3-8-5-6-11(13)9(7-8)10(12)4-2/h5-7,10H,3-4,12-13H2,1-2H3. The predicted octanol–water partition coefficient (Wildman–Crippen LogP) is 2.24. The smallest absolute Gasteiger partial charge is 0.0362 e. The molecule has 2 heteroatoms.